The van der Waals surface area contributed by atoms with E-state index in [0.29, 0.717) is 25.1 Å². The van der Waals surface area contributed by atoms with E-state index in [1.165, 1.54) is 25.7 Å². The van der Waals surface area contributed by atoms with Crippen LogP contribution in [0.5, 0.6) is 11.5 Å². The minimum absolute atomic E-state index is 0.111. The Labute approximate surface area is 150 Å². The quantitative estimate of drug-likeness (QED) is 0.891. The number of ether oxygens (including phenoxy) is 2. The summed E-state index contributed by atoms with van der Waals surface area (Å²) in [6.07, 6.45) is 4.85. The average Bonchev–Trinajstić information content (AvgIpc) is 2.62. The third kappa shape index (κ3) is 4.46. The third-order valence-corrected chi connectivity index (χ3v) is 5.37. The summed E-state index contributed by atoms with van der Waals surface area (Å²) in [6.45, 7) is 5.24. The molecule has 0 spiro atoms. The molecule has 1 aromatic rings. The monoisotopic (exact) mass is 346 g/mol. The molecule has 5 nitrogen and oxygen atoms in total. The van der Waals surface area contributed by atoms with Crippen molar-refractivity contribution < 1.29 is 14.3 Å². The fraction of sp³-hybridized carbons (Fsp3) is 0.650. The molecule has 1 amide bonds. The van der Waals surface area contributed by atoms with Crippen molar-refractivity contribution in [1.82, 2.24) is 10.2 Å². The average molecular weight is 346 g/mol. The first-order chi connectivity index (χ1) is 12.0. The van der Waals surface area contributed by atoms with Gasteiger partial charge in [0, 0.05) is 13.1 Å². The summed E-state index contributed by atoms with van der Waals surface area (Å²) in [6, 6.07) is 7.93. The van der Waals surface area contributed by atoms with E-state index in [-0.39, 0.29) is 18.1 Å². The number of amides is 1. The molecule has 1 N–H and O–H groups in total. The lowest BCUT2D eigenvalue weighted by Gasteiger charge is -2.34. The highest BCUT2D eigenvalue weighted by Gasteiger charge is 2.28. The Bertz CT molecular complexity index is 592. The van der Waals surface area contributed by atoms with Crippen LogP contribution in [-0.4, -0.2) is 49.2 Å². The van der Waals surface area contributed by atoms with E-state index >= 15 is 0 Å². The summed E-state index contributed by atoms with van der Waals surface area (Å²) in [5.41, 5.74) is 0. The maximum Gasteiger partial charge on any atom is 0.239 e. The fourth-order valence-electron chi connectivity index (χ4n) is 3.84. The van der Waals surface area contributed by atoms with Crippen LogP contribution in [0.25, 0.3) is 0 Å². The van der Waals surface area contributed by atoms with Gasteiger partial charge >= 0.3 is 0 Å². The van der Waals surface area contributed by atoms with Gasteiger partial charge in [0.2, 0.25) is 5.91 Å². The van der Waals surface area contributed by atoms with E-state index in [0.717, 1.165) is 11.5 Å². The first-order valence-electron chi connectivity index (χ1n) is 9.44. The Balaban J connectivity index is 1.50. The number of para-hydroxylation sites is 2. The SMILES string of the molecule is CC(NC1CCCCC1C)C(=O)N(C)CC1COc2ccccc2O1. The molecule has 1 fully saturated rings. The zero-order valence-corrected chi connectivity index (χ0v) is 15.5. The summed E-state index contributed by atoms with van der Waals surface area (Å²) < 4.78 is 11.7. The molecule has 1 aromatic carbocycles. The van der Waals surface area contributed by atoms with Crippen molar-refractivity contribution in [3.63, 3.8) is 0 Å². The highest BCUT2D eigenvalue weighted by atomic mass is 16.6. The lowest BCUT2D eigenvalue weighted by Crippen LogP contribution is -2.52. The maximum absolute atomic E-state index is 12.7. The van der Waals surface area contributed by atoms with Gasteiger partial charge in [0.05, 0.1) is 12.6 Å². The molecule has 1 aliphatic carbocycles. The number of rotatable bonds is 5. The first kappa shape index (κ1) is 18.1. The smallest absolute Gasteiger partial charge is 0.239 e. The van der Waals surface area contributed by atoms with Crippen LogP contribution >= 0.6 is 0 Å². The van der Waals surface area contributed by atoms with Crippen molar-refractivity contribution in [3.05, 3.63) is 24.3 Å². The Hall–Kier alpha value is -1.75. The van der Waals surface area contributed by atoms with Crippen molar-refractivity contribution >= 4 is 5.91 Å². The molecular formula is C20H30N2O3. The number of carbonyl (C=O) groups is 1. The zero-order valence-electron chi connectivity index (χ0n) is 15.5. The second kappa shape index (κ2) is 8.09. The van der Waals surface area contributed by atoms with Gasteiger partial charge < -0.3 is 19.7 Å². The van der Waals surface area contributed by atoms with Gasteiger partial charge in [0.25, 0.3) is 0 Å². The Morgan fingerprint density at radius 2 is 2.00 bits per heavy atom. The molecule has 0 saturated heterocycles. The van der Waals surface area contributed by atoms with Crippen molar-refractivity contribution in [2.75, 3.05) is 20.2 Å². The summed E-state index contributed by atoms with van der Waals surface area (Å²) in [7, 11) is 1.84. The van der Waals surface area contributed by atoms with Gasteiger partial charge in [0.15, 0.2) is 17.6 Å². The highest BCUT2D eigenvalue weighted by molar-refractivity contribution is 5.81. The Morgan fingerprint density at radius 3 is 2.76 bits per heavy atom. The molecule has 1 heterocycles. The highest BCUT2D eigenvalue weighted by Crippen LogP contribution is 2.31. The van der Waals surface area contributed by atoms with Crippen LogP contribution < -0.4 is 14.8 Å². The molecule has 1 saturated carbocycles. The van der Waals surface area contributed by atoms with Crippen LogP contribution in [-0.2, 0) is 4.79 Å². The largest absolute Gasteiger partial charge is 0.486 e. The maximum atomic E-state index is 12.7. The Kier molecular flexibility index (Phi) is 5.84. The molecule has 4 atom stereocenters. The zero-order chi connectivity index (χ0) is 17.8. The molecule has 0 radical (unpaired) electrons. The van der Waals surface area contributed by atoms with Crippen molar-refractivity contribution in [2.24, 2.45) is 5.92 Å². The van der Waals surface area contributed by atoms with Gasteiger partial charge in [0.1, 0.15) is 6.61 Å². The molecule has 4 unspecified atom stereocenters. The number of hydrogen-bond donors (Lipinski definition) is 1. The second-order valence-electron chi connectivity index (χ2n) is 7.47. The molecular weight excluding hydrogens is 316 g/mol. The molecule has 2 aliphatic rings. The van der Waals surface area contributed by atoms with Crippen molar-refractivity contribution in [1.29, 1.82) is 0 Å². The minimum atomic E-state index is -0.174. The van der Waals surface area contributed by atoms with Crippen LogP contribution in [0, 0.1) is 5.92 Å². The standard InChI is InChI=1S/C20H30N2O3/c1-14-8-4-5-9-17(14)21-15(2)20(23)22(3)12-16-13-24-18-10-6-7-11-19(18)25-16/h6-7,10-11,14-17,21H,4-5,8-9,12-13H2,1-3H3. The molecule has 5 heteroatoms. The molecule has 1 aliphatic heterocycles. The number of carbonyl (C=O) groups excluding carboxylic acids is 1. The summed E-state index contributed by atoms with van der Waals surface area (Å²) >= 11 is 0. The number of hydrogen-bond acceptors (Lipinski definition) is 4. The lowest BCUT2D eigenvalue weighted by molar-refractivity contribution is -0.133. The number of fused-ring (bicyclic) bond motifs is 1. The summed E-state index contributed by atoms with van der Waals surface area (Å²) in [5.74, 6) is 2.27. The number of nitrogens with one attached hydrogen (secondary N) is 1. The van der Waals surface area contributed by atoms with Crippen LogP contribution in [0.4, 0.5) is 0 Å². The second-order valence-corrected chi connectivity index (χ2v) is 7.47. The molecule has 0 bridgehead atoms. The number of nitrogens with zero attached hydrogens (tertiary/aromatic N) is 1. The van der Waals surface area contributed by atoms with E-state index in [1.54, 1.807) is 4.90 Å². The number of likely N-dealkylation sites (N-methyl/N-ethyl adjacent to an activating group) is 1. The van der Waals surface area contributed by atoms with E-state index < -0.39 is 0 Å². The van der Waals surface area contributed by atoms with Gasteiger partial charge in [-0.05, 0) is 37.8 Å². The minimum Gasteiger partial charge on any atom is -0.486 e. The van der Waals surface area contributed by atoms with Crippen LogP contribution in [0.2, 0.25) is 0 Å². The fourth-order valence-corrected chi connectivity index (χ4v) is 3.84. The van der Waals surface area contributed by atoms with E-state index in [4.69, 9.17) is 9.47 Å². The molecule has 25 heavy (non-hydrogen) atoms. The topological polar surface area (TPSA) is 50.8 Å². The van der Waals surface area contributed by atoms with Gasteiger partial charge in [-0.25, -0.2) is 0 Å². The van der Waals surface area contributed by atoms with Crippen molar-refractivity contribution in [3.8, 4) is 11.5 Å². The van der Waals surface area contributed by atoms with E-state index in [2.05, 4.69) is 12.2 Å². The third-order valence-electron chi connectivity index (χ3n) is 5.37. The van der Waals surface area contributed by atoms with Gasteiger partial charge in [-0.3, -0.25) is 4.79 Å². The molecule has 138 valence electrons. The summed E-state index contributed by atoms with van der Waals surface area (Å²) in [4.78, 5) is 14.5. The van der Waals surface area contributed by atoms with Gasteiger partial charge in [-0.15, -0.1) is 0 Å². The molecule has 0 aromatic heterocycles. The van der Waals surface area contributed by atoms with Crippen LogP contribution in [0.3, 0.4) is 0 Å². The van der Waals surface area contributed by atoms with Gasteiger partial charge in [-0.1, -0.05) is 31.9 Å². The predicted octanol–water partition coefficient (Wildman–Crippen LogP) is 2.84. The van der Waals surface area contributed by atoms with Crippen LogP contribution in [0.15, 0.2) is 24.3 Å². The van der Waals surface area contributed by atoms with Crippen molar-refractivity contribution in [2.45, 2.75) is 57.7 Å². The van der Waals surface area contributed by atoms with E-state index in [9.17, 15) is 4.79 Å². The number of benzene rings is 1. The van der Waals surface area contributed by atoms with E-state index in [1.807, 2.05) is 38.2 Å². The van der Waals surface area contributed by atoms with Crippen LogP contribution in [0.1, 0.15) is 39.5 Å². The first-order valence-corrected chi connectivity index (χ1v) is 9.44. The normalized spacial score (nSPS) is 26.8. The summed E-state index contributed by atoms with van der Waals surface area (Å²) in [5, 5.41) is 3.54. The lowest BCUT2D eigenvalue weighted by atomic mass is 9.85. The Morgan fingerprint density at radius 1 is 1.28 bits per heavy atom. The molecule has 3 rings (SSSR count). The predicted molar refractivity (Wildman–Crippen MR) is 98.0 cm³/mol. The van der Waals surface area contributed by atoms with Gasteiger partial charge in [-0.2, -0.15) is 0 Å².